The molecule has 0 amide bonds. The summed E-state index contributed by atoms with van der Waals surface area (Å²) in [6.07, 6.45) is -13.9. The third-order valence-electron chi connectivity index (χ3n) is 5.08. The number of carbonyl (C=O) groups is 1. The zero-order chi connectivity index (χ0) is 24.4. The average Bonchev–Trinajstić information content (AvgIpc) is 2.54. The maximum atomic E-state index is 14.6. The molecule has 2 N–H and O–H groups in total. The van der Waals surface area contributed by atoms with Crippen LogP contribution in [0.3, 0.4) is 0 Å². The van der Waals surface area contributed by atoms with Crippen LogP contribution < -0.4 is 0 Å². The Morgan fingerprint density at radius 2 is 1.37 bits per heavy atom. The minimum absolute atomic E-state index is 0.0170. The second kappa shape index (κ2) is 6.82. The largest absolute Gasteiger partial charge is 0.462 e. The highest BCUT2D eigenvalue weighted by Crippen LogP contribution is 2.65. The smallest absolute Gasteiger partial charge is 0.449 e. The summed E-state index contributed by atoms with van der Waals surface area (Å²) in [6, 6.07) is 0. The number of aliphatic hydroxyl groups is 2. The van der Waals surface area contributed by atoms with Crippen LogP contribution in [0.25, 0.3) is 0 Å². The summed E-state index contributed by atoms with van der Waals surface area (Å²) in [4.78, 5) is 11.9. The van der Waals surface area contributed by atoms with E-state index in [1.165, 1.54) is 20.8 Å². The second-order valence-corrected chi connectivity index (χ2v) is 7.65. The standard InChI is InChI=1S/C15H18F10O5/c1-5-8(2,3)7(26)29-6-9(4)11(16,17)10(27,14(20,21)22)12(18,19)13(28,30-9)15(23,24)25/h27-28H,5-6H2,1-4H3. The van der Waals surface area contributed by atoms with E-state index in [9.17, 15) is 58.9 Å². The summed E-state index contributed by atoms with van der Waals surface area (Å²) in [7, 11) is 0. The van der Waals surface area contributed by atoms with E-state index in [-0.39, 0.29) is 13.3 Å². The minimum Gasteiger partial charge on any atom is -0.462 e. The summed E-state index contributed by atoms with van der Waals surface area (Å²) in [6.45, 7) is 1.38. The van der Waals surface area contributed by atoms with E-state index in [1.54, 1.807) is 0 Å². The van der Waals surface area contributed by atoms with Crippen LogP contribution in [-0.2, 0) is 14.3 Å². The van der Waals surface area contributed by atoms with Crippen molar-refractivity contribution in [2.75, 3.05) is 6.61 Å². The Morgan fingerprint density at radius 3 is 1.70 bits per heavy atom. The normalized spacial score (nSPS) is 34.5. The van der Waals surface area contributed by atoms with E-state index in [0.717, 1.165) is 0 Å². The number of hydrogen-bond acceptors (Lipinski definition) is 5. The van der Waals surface area contributed by atoms with Gasteiger partial charge in [-0.05, 0) is 27.2 Å². The van der Waals surface area contributed by atoms with Gasteiger partial charge in [-0.2, -0.15) is 43.9 Å². The molecule has 30 heavy (non-hydrogen) atoms. The van der Waals surface area contributed by atoms with E-state index in [4.69, 9.17) is 0 Å². The molecule has 15 heteroatoms. The van der Waals surface area contributed by atoms with E-state index < -0.39 is 59.2 Å². The van der Waals surface area contributed by atoms with E-state index >= 15 is 0 Å². The lowest BCUT2D eigenvalue weighted by molar-refractivity contribution is -0.559. The van der Waals surface area contributed by atoms with E-state index in [0.29, 0.717) is 0 Å². The number of halogens is 10. The fraction of sp³-hybridized carbons (Fsp3) is 0.933. The van der Waals surface area contributed by atoms with Crippen molar-refractivity contribution in [3.8, 4) is 0 Å². The van der Waals surface area contributed by atoms with Gasteiger partial charge in [0.1, 0.15) is 6.61 Å². The highest BCUT2D eigenvalue weighted by Gasteiger charge is 2.97. The highest BCUT2D eigenvalue weighted by molar-refractivity contribution is 5.75. The molecule has 5 nitrogen and oxygen atoms in total. The number of alkyl halides is 10. The maximum Gasteiger partial charge on any atom is 0.449 e. The highest BCUT2D eigenvalue weighted by atomic mass is 19.4. The van der Waals surface area contributed by atoms with Gasteiger partial charge in [-0.15, -0.1) is 0 Å². The lowest BCUT2D eigenvalue weighted by Crippen LogP contribution is -2.88. The van der Waals surface area contributed by atoms with Crippen molar-refractivity contribution in [1.29, 1.82) is 0 Å². The summed E-state index contributed by atoms with van der Waals surface area (Å²) < 4.78 is 144. The van der Waals surface area contributed by atoms with Crippen molar-refractivity contribution >= 4 is 5.97 Å². The molecular weight excluding hydrogens is 450 g/mol. The number of ether oxygens (including phenoxy) is 2. The average molecular weight is 468 g/mol. The van der Waals surface area contributed by atoms with Crippen LogP contribution in [0.5, 0.6) is 0 Å². The summed E-state index contributed by atoms with van der Waals surface area (Å²) in [5.74, 6) is -20.9. The molecule has 0 aromatic heterocycles. The van der Waals surface area contributed by atoms with Crippen molar-refractivity contribution in [2.24, 2.45) is 5.41 Å². The minimum atomic E-state index is -7.10. The van der Waals surface area contributed by atoms with Gasteiger partial charge < -0.3 is 19.7 Å². The molecule has 0 spiro atoms. The Balaban J connectivity index is 3.71. The predicted molar refractivity (Wildman–Crippen MR) is 76.4 cm³/mol. The van der Waals surface area contributed by atoms with Crippen LogP contribution in [0.1, 0.15) is 34.1 Å². The fourth-order valence-electron chi connectivity index (χ4n) is 2.53. The van der Waals surface area contributed by atoms with Crippen LogP contribution in [-0.4, -0.2) is 64.0 Å². The third kappa shape index (κ3) is 3.23. The molecule has 3 atom stereocenters. The van der Waals surface area contributed by atoms with Crippen LogP contribution in [0.4, 0.5) is 43.9 Å². The monoisotopic (exact) mass is 468 g/mol. The number of carbonyl (C=O) groups excluding carboxylic acids is 1. The lowest BCUT2D eigenvalue weighted by atomic mass is 9.72. The number of esters is 1. The summed E-state index contributed by atoms with van der Waals surface area (Å²) in [5.41, 5.74) is -12.6. The molecule has 3 unspecified atom stereocenters. The first-order valence-electron chi connectivity index (χ1n) is 8.11. The predicted octanol–water partition coefficient (Wildman–Crippen LogP) is 3.57. The van der Waals surface area contributed by atoms with Crippen molar-refractivity contribution in [3.63, 3.8) is 0 Å². The van der Waals surface area contributed by atoms with Crippen LogP contribution >= 0.6 is 0 Å². The third-order valence-corrected chi connectivity index (χ3v) is 5.08. The van der Waals surface area contributed by atoms with Gasteiger partial charge in [0.25, 0.3) is 5.60 Å². The molecule has 0 saturated carbocycles. The molecule has 1 aliphatic rings. The molecule has 1 fully saturated rings. The first-order valence-corrected chi connectivity index (χ1v) is 8.11. The molecule has 0 aromatic carbocycles. The second-order valence-electron chi connectivity index (χ2n) is 7.65. The Morgan fingerprint density at radius 1 is 0.933 bits per heavy atom. The van der Waals surface area contributed by atoms with Crippen LogP contribution in [0.15, 0.2) is 0 Å². The van der Waals surface area contributed by atoms with Crippen LogP contribution in [0.2, 0.25) is 0 Å². The van der Waals surface area contributed by atoms with Gasteiger partial charge in [0.15, 0.2) is 5.60 Å². The Labute approximate surface area is 162 Å². The molecule has 1 rings (SSSR count). The molecule has 1 saturated heterocycles. The summed E-state index contributed by atoms with van der Waals surface area (Å²) >= 11 is 0. The van der Waals surface area contributed by atoms with Gasteiger partial charge in [-0.3, -0.25) is 4.79 Å². The van der Waals surface area contributed by atoms with Gasteiger partial charge in [0.2, 0.25) is 0 Å². The Bertz CT molecular complexity index is 688. The zero-order valence-corrected chi connectivity index (χ0v) is 15.8. The van der Waals surface area contributed by atoms with Gasteiger partial charge in [-0.1, -0.05) is 6.92 Å². The van der Waals surface area contributed by atoms with Gasteiger partial charge in [-0.25, -0.2) is 0 Å². The van der Waals surface area contributed by atoms with Crippen molar-refractivity contribution in [3.05, 3.63) is 0 Å². The topological polar surface area (TPSA) is 76.0 Å². The maximum absolute atomic E-state index is 14.6. The van der Waals surface area contributed by atoms with Crippen molar-refractivity contribution in [1.82, 2.24) is 0 Å². The van der Waals surface area contributed by atoms with Gasteiger partial charge >= 0.3 is 36.0 Å². The van der Waals surface area contributed by atoms with Crippen molar-refractivity contribution < 1.29 is 68.4 Å². The first-order chi connectivity index (χ1) is 12.9. The molecule has 1 heterocycles. The molecule has 178 valence electrons. The van der Waals surface area contributed by atoms with Crippen molar-refractivity contribution in [2.45, 2.75) is 75.3 Å². The quantitative estimate of drug-likeness (QED) is 0.488. The van der Waals surface area contributed by atoms with Gasteiger partial charge in [0.05, 0.1) is 5.41 Å². The SMILES string of the molecule is CCC(C)(C)C(=O)OCC1(C)OC(O)(C(F)(F)F)C(F)(F)C(O)(C(F)(F)F)C1(F)F. The molecule has 0 radical (unpaired) electrons. The summed E-state index contributed by atoms with van der Waals surface area (Å²) in [5, 5.41) is 18.7. The molecule has 0 aromatic rings. The first kappa shape index (κ1) is 26.7. The number of rotatable bonds is 4. The van der Waals surface area contributed by atoms with Gasteiger partial charge in [0, 0.05) is 0 Å². The zero-order valence-electron chi connectivity index (χ0n) is 15.8. The molecule has 0 bridgehead atoms. The molecule has 1 aliphatic heterocycles. The fourth-order valence-corrected chi connectivity index (χ4v) is 2.53. The Kier molecular flexibility index (Phi) is 6.07. The number of hydrogen-bond donors (Lipinski definition) is 2. The van der Waals surface area contributed by atoms with Crippen LogP contribution in [0, 0.1) is 5.41 Å². The van der Waals surface area contributed by atoms with E-state index in [1.807, 2.05) is 0 Å². The molecule has 0 aliphatic carbocycles. The van der Waals surface area contributed by atoms with E-state index in [2.05, 4.69) is 9.47 Å². The Hall–Kier alpha value is -1.35. The molecular formula is C15H18F10O5. The lowest BCUT2D eigenvalue weighted by Gasteiger charge is -2.58.